The fraction of sp³-hybridized carbons (Fsp3) is 0.333. The summed E-state index contributed by atoms with van der Waals surface area (Å²) in [5, 5.41) is 4.20. The van der Waals surface area contributed by atoms with Crippen molar-refractivity contribution in [2.24, 2.45) is 5.10 Å². The molecule has 1 aliphatic carbocycles. The summed E-state index contributed by atoms with van der Waals surface area (Å²) in [7, 11) is -3.73. The number of carbonyl (C=O) groups is 1. The highest BCUT2D eigenvalue weighted by Gasteiger charge is 2.15. The largest absolute Gasteiger partial charge is 0.494 e. The zero-order chi connectivity index (χ0) is 20.7. The molecule has 0 aliphatic heterocycles. The predicted octanol–water partition coefficient (Wildman–Crippen LogP) is 3.94. The Balaban J connectivity index is 1.62. The summed E-state index contributed by atoms with van der Waals surface area (Å²) in [6.07, 6.45) is 5.27. The topological polar surface area (TPSA) is 96.9 Å². The lowest BCUT2D eigenvalue weighted by Crippen LogP contribution is -2.20. The number of ether oxygens (including phenoxy) is 1. The third kappa shape index (κ3) is 5.80. The minimum absolute atomic E-state index is 0.131. The average molecular weight is 416 g/mol. The Morgan fingerprint density at radius 1 is 1.00 bits per heavy atom. The van der Waals surface area contributed by atoms with Gasteiger partial charge in [-0.05, 0) is 81.1 Å². The van der Waals surface area contributed by atoms with E-state index in [2.05, 4.69) is 15.2 Å². The van der Waals surface area contributed by atoms with E-state index in [0.29, 0.717) is 23.6 Å². The lowest BCUT2D eigenvalue weighted by molar-refractivity contribution is 0.0954. The number of rotatable bonds is 7. The monoisotopic (exact) mass is 415 g/mol. The van der Waals surface area contributed by atoms with Gasteiger partial charge in [-0.3, -0.25) is 9.52 Å². The molecule has 7 nitrogen and oxygen atoms in total. The molecule has 2 N–H and O–H groups in total. The lowest BCUT2D eigenvalue weighted by Gasteiger charge is -2.12. The molecule has 2 aromatic carbocycles. The zero-order valence-corrected chi connectivity index (χ0v) is 17.2. The van der Waals surface area contributed by atoms with Crippen LogP contribution >= 0.6 is 0 Å². The smallest absolute Gasteiger partial charge is 0.271 e. The maximum atomic E-state index is 12.5. The molecule has 0 radical (unpaired) electrons. The minimum atomic E-state index is -3.73. The van der Waals surface area contributed by atoms with Gasteiger partial charge in [0.05, 0.1) is 11.5 Å². The molecule has 0 unspecified atom stereocenters. The Morgan fingerprint density at radius 2 is 1.66 bits per heavy atom. The van der Waals surface area contributed by atoms with Crippen LogP contribution in [0.4, 0.5) is 5.69 Å². The third-order valence-corrected chi connectivity index (χ3v) is 5.99. The molecule has 0 atom stereocenters. The first-order valence-corrected chi connectivity index (χ1v) is 11.2. The van der Waals surface area contributed by atoms with E-state index in [0.717, 1.165) is 31.4 Å². The minimum Gasteiger partial charge on any atom is -0.494 e. The molecular formula is C21H25N3O4S. The second-order valence-electron chi connectivity index (χ2n) is 6.77. The predicted molar refractivity (Wildman–Crippen MR) is 113 cm³/mol. The highest BCUT2D eigenvalue weighted by atomic mass is 32.2. The Morgan fingerprint density at radius 3 is 2.28 bits per heavy atom. The van der Waals surface area contributed by atoms with Crippen LogP contribution in [0.15, 0.2) is 58.5 Å². The number of hydrogen-bond donors (Lipinski definition) is 2. The molecule has 29 heavy (non-hydrogen) atoms. The quantitative estimate of drug-likeness (QED) is 0.670. The van der Waals surface area contributed by atoms with Gasteiger partial charge in [0.15, 0.2) is 0 Å². The van der Waals surface area contributed by atoms with E-state index < -0.39 is 10.0 Å². The van der Waals surface area contributed by atoms with E-state index in [1.165, 1.54) is 18.6 Å². The van der Waals surface area contributed by atoms with Crippen LogP contribution in [0.3, 0.4) is 0 Å². The van der Waals surface area contributed by atoms with Gasteiger partial charge in [0.25, 0.3) is 15.9 Å². The first-order chi connectivity index (χ1) is 14.0. The van der Waals surface area contributed by atoms with Crippen molar-refractivity contribution in [3.8, 4) is 5.75 Å². The number of sulfonamides is 1. The van der Waals surface area contributed by atoms with Gasteiger partial charge in [-0.15, -0.1) is 0 Å². The molecule has 0 saturated heterocycles. The standard InChI is InChI=1S/C21H25N3O4S/c1-2-28-19-12-14-20(15-13-19)29(26,27)24-18-10-8-16(9-11-18)21(25)23-22-17-6-4-3-5-7-17/h8-15,24H,2-7H2,1H3,(H,23,25). The van der Waals surface area contributed by atoms with Gasteiger partial charge in [0.2, 0.25) is 0 Å². The number of nitrogens with zero attached hydrogens (tertiary/aromatic N) is 1. The van der Waals surface area contributed by atoms with Crippen LogP contribution in [-0.4, -0.2) is 26.6 Å². The molecule has 1 amide bonds. The summed E-state index contributed by atoms with van der Waals surface area (Å²) >= 11 is 0. The molecule has 1 saturated carbocycles. The van der Waals surface area contributed by atoms with Gasteiger partial charge < -0.3 is 4.74 Å². The number of nitrogens with one attached hydrogen (secondary N) is 2. The maximum Gasteiger partial charge on any atom is 0.271 e. The highest BCUT2D eigenvalue weighted by molar-refractivity contribution is 7.92. The van der Waals surface area contributed by atoms with Gasteiger partial charge in [0, 0.05) is 17.0 Å². The van der Waals surface area contributed by atoms with Crippen LogP contribution in [0.25, 0.3) is 0 Å². The van der Waals surface area contributed by atoms with Crippen molar-refractivity contribution in [1.82, 2.24) is 5.43 Å². The Hall–Kier alpha value is -2.87. The van der Waals surface area contributed by atoms with Crippen molar-refractivity contribution in [3.05, 3.63) is 54.1 Å². The Labute approximate surface area is 171 Å². The maximum absolute atomic E-state index is 12.5. The molecule has 0 aromatic heterocycles. The van der Waals surface area contributed by atoms with Crippen LogP contribution in [0.5, 0.6) is 5.75 Å². The van der Waals surface area contributed by atoms with Crippen molar-refractivity contribution in [1.29, 1.82) is 0 Å². The fourth-order valence-corrected chi connectivity index (χ4v) is 4.11. The molecule has 2 aromatic rings. The van der Waals surface area contributed by atoms with Gasteiger partial charge >= 0.3 is 0 Å². The summed E-state index contributed by atoms with van der Waals surface area (Å²) in [5.74, 6) is 0.294. The van der Waals surface area contributed by atoms with Crippen LogP contribution in [0.1, 0.15) is 49.4 Å². The molecule has 154 valence electrons. The Bertz CT molecular complexity index is 960. The number of amides is 1. The number of benzene rings is 2. The SMILES string of the molecule is CCOc1ccc(S(=O)(=O)Nc2ccc(C(=O)NN=C3CCCCC3)cc2)cc1. The van der Waals surface area contributed by atoms with Gasteiger partial charge in [0.1, 0.15) is 5.75 Å². The third-order valence-electron chi connectivity index (χ3n) is 4.59. The van der Waals surface area contributed by atoms with E-state index in [-0.39, 0.29) is 10.8 Å². The number of hydrazone groups is 1. The molecule has 3 rings (SSSR count). The van der Waals surface area contributed by atoms with E-state index in [4.69, 9.17) is 4.74 Å². The summed E-state index contributed by atoms with van der Waals surface area (Å²) in [5.41, 5.74) is 4.37. The van der Waals surface area contributed by atoms with Crippen LogP contribution < -0.4 is 14.9 Å². The summed E-state index contributed by atoms with van der Waals surface area (Å²) in [6, 6.07) is 12.4. The van der Waals surface area contributed by atoms with Crippen molar-refractivity contribution < 1.29 is 17.9 Å². The molecule has 1 fully saturated rings. The van der Waals surface area contributed by atoms with Crippen LogP contribution in [0.2, 0.25) is 0 Å². The normalized spacial score (nSPS) is 14.2. The summed E-state index contributed by atoms with van der Waals surface area (Å²) in [6.45, 7) is 2.37. The first kappa shape index (κ1) is 20.9. The van der Waals surface area contributed by atoms with Crippen molar-refractivity contribution >= 4 is 27.3 Å². The van der Waals surface area contributed by atoms with E-state index >= 15 is 0 Å². The average Bonchev–Trinajstić information content (AvgIpc) is 2.74. The van der Waals surface area contributed by atoms with Gasteiger partial charge in [-0.1, -0.05) is 6.42 Å². The molecule has 8 heteroatoms. The molecule has 0 bridgehead atoms. The summed E-state index contributed by atoms with van der Waals surface area (Å²) in [4.78, 5) is 12.4. The lowest BCUT2D eigenvalue weighted by atomic mass is 9.99. The first-order valence-electron chi connectivity index (χ1n) is 9.69. The zero-order valence-electron chi connectivity index (χ0n) is 16.3. The van der Waals surface area contributed by atoms with Crippen molar-refractivity contribution in [2.45, 2.75) is 43.9 Å². The van der Waals surface area contributed by atoms with E-state index in [1.54, 1.807) is 36.4 Å². The highest BCUT2D eigenvalue weighted by Crippen LogP contribution is 2.20. The van der Waals surface area contributed by atoms with Crippen molar-refractivity contribution in [2.75, 3.05) is 11.3 Å². The molecule has 0 spiro atoms. The second kappa shape index (κ2) is 9.56. The molecule has 0 heterocycles. The van der Waals surface area contributed by atoms with E-state index in [9.17, 15) is 13.2 Å². The molecular weight excluding hydrogens is 390 g/mol. The number of anilines is 1. The number of carbonyl (C=O) groups excluding carboxylic acids is 1. The summed E-state index contributed by atoms with van der Waals surface area (Å²) < 4.78 is 32.9. The molecule has 1 aliphatic rings. The van der Waals surface area contributed by atoms with Gasteiger partial charge in [-0.25, -0.2) is 13.8 Å². The van der Waals surface area contributed by atoms with Crippen molar-refractivity contribution in [3.63, 3.8) is 0 Å². The van der Waals surface area contributed by atoms with E-state index in [1.807, 2.05) is 6.92 Å². The second-order valence-corrected chi connectivity index (χ2v) is 8.45. The van der Waals surface area contributed by atoms with Crippen LogP contribution in [-0.2, 0) is 10.0 Å². The fourth-order valence-electron chi connectivity index (χ4n) is 3.05. The van der Waals surface area contributed by atoms with Crippen LogP contribution in [0, 0.1) is 0 Å². The number of hydrogen-bond acceptors (Lipinski definition) is 5. The Kier molecular flexibility index (Phi) is 6.87. The van der Waals surface area contributed by atoms with Gasteiger partial charge in [-0.2, -0.15) is 5.10 Å².